The molecule has 0 radical (unpaired) electrons. The van der Waals surface area contributed by atoms with Gasteiger partial charge in [0.05, 0.1) is 0 Å². The smallest absolute Gasteiger partial charge is 0.248 e. The summed E-state index contributed by atoms with van der Waals surface area (Å²) >= 11 is 0. The lowest BCUT2D eigenvalue weighted by Gasteiger charge is -2.02. The van der Waals surface area contributed by atoms with E-state index in [1.165, 1.54) is 0 Å². The number of carbonyl (C=O) groups is 1. The summed E-state index contributed by atoms with van der Waals surface area (Å²) in [6, 6.07) is 7.76. The van der Waals surface area contributed by atoms with E-state index in [2.05, 4.69) is 5.32 Å². The third-order valence-electron chi connectivity index (χ3n) is 1.92. The van der Waals surface area contributed by atoms with Crippen LogP contribution in [0.25, 0.3) is 0 Å². The predicted molar refractivity (Wildman–Crippen MR) is 63.8 cm³/mol. The van der Waals surface area contributed by atoms with Crippen molar-refractivity contribution < 1.29 is 4.79 Å². The van der Waals surface area contributed by atoms with Gasteiger partial charge in [-0.1, -0.05) is 32.1 Å². The maximum absolute atomic E-state index is 11.4. The van der Waals surface area contributed by atoms with Crippen molar-refractivity contribution in [3.8, 4) is 0 Å². The summed E-state index contributed by atoms with van der Waals surface area (Å²) in [5.41, 5.74) is 1.98. The Bertz CT molecular complexity index is 367. The van der Waals surface area contributed by atoms with Crippen molar-refractivity contribution in [1.29, 1.82) is 0 Å². The molecule has 1 amide bonds. The van der Waals surface area contributed by atoms with Crippen LogP contribution in [0.15, 0.2) is 36.4 Å². The predicted octanol–water partition coefficient (Wildman–Crippen LogP) is 3.15. The Morgan fingerprint density at radius 3 is 2.73 bits per heavy atom. The first-order valence-corrected chi connectivity index (χ1v) is 5.14. The molecule has 0 heterocycles. The molecule has 0 saturated heterocycles. The van der Waals surface area contributed by atoms with Gasteiger partial charge in [-0.2, -0.15) is 0 Å². The molecule has 0 unspecified atom stereocenters. The Labute approximate surface area is 91.0 Å². The van der Waals surface area contributed by atoms with Crippen molar-refractivity contribution >= 4 is 11.6 Å². The van der Waals surface area contributed by atoms with E-state index in [0.717, 1.165) is 11.3 Å². The van der Waals surface area contributed by atoms with Gasteiger partial charge in [-0.3, -0.25) is 4.79 Å². The van der Waals surface area contributed by atoms with Gasteiger partial charge in [0, 0.05) is 5.69 Å². The van der Waals surface area contributed by atoms with Crippen LogP contribution in [0, 0.1) is 12.8 Å². The first-order chi connectivity index (χ1) is 7.08. The maximum atomic E-state index is 11.4. The molecule has 1 aromatic rings. The van der Waals surface area contributed by atoms with Crippen LogP contribution in [0.2, 0.25) is 0 Å². The second-order valence-corrected chi connectivity index (χ2v) is 3.96. The van der Waals surface area contributed by atoms with Crippen molar-refractivity contribution in [2.45, 2.75) is 20.8 Å². The number of rotatable bonds is 3. The number of aryl methyl sites for hydroxylation is 1. The Balaban J connectivity index is 2.59. The monoisotopic (exact) mass is 203 g/mol. The molecule has 1 rings (SSSR count). The summed E-state index contributed by atoms with van der Waals surface area (Å²) in [7, 11) is 0. The summed E-state index contributed by atoms with van der Waals surface area (Å²) in [5, 5.41) is 2.81. The molecule has 0 saturated carbocycles. The number of allylic oxidation sites excluding steroid dienone is 1. The maximum Gasteiger partial charge on any atom is 0.248 e. The van der Waals surface area contributed by atoms with Crippen molar-refractivity contribution in [3.05, 3.63) is 42.0 Å². The summed E-state index contributed by atoms with van der Waals surface area (Å²) in [6.45, 7) is 6.08. The SMILES string of the molecule is Cc1cccc(NC(=O)/C=C/C(C)C)c1. The van der Waals surface area contributed by atoms with Gasteiger partial charge in [0.1, 0.15) is 0 Å². The minimum atomic E-state index is -0.0747. The number of hydrogen-bond donors (Lipinski definition) is 1. The van der Waals surface area contributed by atoms with E-state index in [9.17, 15) is 4.79 Å². The summed E-state index contributed by atoms with van der Waals surface area (Å²) < 4.78 is 0. The number of anilines is 1. The molecule has 0 aliphatic heterocycles. The normalized spacial score (nSPS) is 10.9. The highest BCUT2D eigenvalue weighted by atomic mass is 16.1. The molecular weight excluding hydrogens is 186 g/mol. The van der Waals surface area contributed by atoms with E-state index >= 15 is 0 Å². The van der Waals surface area contributed by atoms with Gasteiger partial charge in [-0.15, -0.1) is 0 Å². The van der Waals surface area contributed by atoms with Gasteiger partial charge in [0.2, 0.25) is 5.91 Å². The topological polar surface area (TPSA) is 29.1 Å². The average Bonchev–Trinajstić information content (AvgIpc) is 2.15. The van der Waals surface area contributed by atoms with Gasteiger partial charge >= 0.3 is 0 Å². The van der Waals surface area contributed by atoms with Crippen LogP contribution in [-0.2, 0) is 4.79 Å². The molecular formula is C13H17NO. The molecule has 0 fully saturated rings. The van der Waals surface area contributed by atoms with E-state index in [0.29, 0.717) is 5.92 Å². The summed E-state index contributed by atoms with van der Waals surface area (Å²) in [5.74, 6) is 0.322. The number of nitrogens with one attached hydrogen (secondary N) is 1. The van der Waals surface area contributed by atoms with Crippen LogP contribution < -0.4 is 5.32 Å². The fourth-order valence-corrected chi connectivity index (χ4v) is 1.19. The molecule has 0 aromatic heterocycles. The summed E-state index contributed by atoms with van der Waals surface area (Å²) in [4.78, 5) is 11.4. The molecule has 2 nitrogen and oxygen atoms in total. The van der Waals surface area contributed by atoms with Gasteiger partial charge in [-0.05, 0) is 36.6 Å². The van der Waals surface area contributed by atoms with Crippen molar-refractivity contribution in [2.24, 2.45) is 5.92 Å². The molecule has 1 N–H and O–H groups in total. The first kappa shape index (κ1) is 11.5. The molecule has 15 heavy (non-hydrogen) atoms. The van der Waals surface area contributed by atoms with Crippen LogP contribution in [0.3, 0.4) is 0 Å². The first-order valence-electron chi connectivity index (χ1n) is 5.14. The highest BCUT2D eigenvalue weighted by Crippen LogP contribution is 2.09. The van der Waals surface area contributed by atoms with Crippen LogP contribution >= 0.6 is 0 Å². The fourth-order valence-electron chi connectivity index (χ4n) is 1.19. The molecule has 0 aliphatic carbocycles. The Morgan fingerprint density at radius 1 is 1.40 bits per heavy atom. The zero-order valence-corrected chi connectivity index (χ0v) is 9.45. The molecule has 0 spiro atoms. The molecule has 0 atom stereocenters. The summed E-state index contributed by atoms with van der Waals surface area (Å²) in [6.07, 6.45) is 3.46. The highest BCUT2D eigenvalue weighted by Gasteiger charge is 1.97. The van der Waals surface area contributed by atoms with E-state index in [-0.39, 0.29) is 5.91 Å². The van der Waals surface area contributed by atoms with E-state index in [1.807, 2.05) is 51.1 Å². The Kier molecular flexibility index (Phi) is 4.10. The fraction of sp³-hybridized carbons (Fsp3) is 0.308. The van der Waals surface area contributed by atoms with Crippen molar-refractivity contribution in [1.82, 2.24) is 0 Å². The van der Waals surface area contributed by atoms with Gasteiger partial charge in [0.25, 0.3) is 0 Å². The van der Waals surface area contributed by atoms with Crippen LogP contribution in [0.1, 0.15) is 19.4 Å². The molecule has 80 valence electrons. The third-order valence-corrected chi connectivity index (χ3v) is 1.92. The van der Waals surface area contributed by atoms with Gasteiger partial charge in [0.15, 0.2) is 0 Å². The minimum absolute atomic E-state index is 0.0747. The van der Waals surface area contributed by atoms with Crippen LogP contribution in [-0.4, -0.2) is 5.91 Å². The van der Waals surface area contributed by atoms with Crippen molar-refractivity contribution in [2.75, 3.05) is 5.32 Å². The third kappa shape index (κ3) is 4.45. The zero-order chi connectivity index (χ0) is 11.3. The Morgan fingerprint density at radius 2 is 2.13 bits per heavy atom. The second-order valence-electron chi connectivity index (χ2n) is 3.96. The van der Waals surface area contributed by atoms with Gasteiger partial charge in [-0.25, -0.2) is 0 Å². The quantitative estimate of drug-likeness (QED) is 0.751. The number of benzene rings is 1. The molecule has 0 bridgehead atoms. The van der Waals surface area contributed by atoms with E-state index in [1.54, 1.807) is 6.08 Å². The standard InChI is InChI=1S/C13H17NO/c1-10(2)7-8-13(15)14-12-6-4-5-11(3)9-12/h4-10H,1-3H3,(H,14,15)/b8-7+. The van der Waals surface area contributed by atoms with Crippen molar-refractivity contribution in [3.63, 3.8) is 0 Å². The average molecular weight is 203 g/mol. The lowest BCUT2D eigenvalue weighted by Crippen LogP contribution is -2.08. The zero-order valence-electron chi connectivity index (χ0n) is 9.45. The lowest BCUT2D eigenvalue weighted by atomic mass is 10.2. The molecule has 1 aromatic carbocycles. The number of amides is 1. The highest BCUT2D eigenvalue weighted by molar-refractivity contribution is 5.99. The lowest BCUT2D eigenvalue weighted by molar-refractivity contribution is -0.111. The largest absolute Gasteiger partial charge is 0.323 e. The molecule has 2 heteroatoms. The van der Waals surface area contributed by atoms with Crippen LogP contribution in [0.5, 0.6) is 0 Å². The minimum Gasteiger partial charge on any atom is -0.323 e. The number of hydrogen-bond acceptors (Lipinski definition) is 1. The Hall–Kier alpha value is -1.57. The van der Waals surface area contributed by atoms with Gasteiger partial charge < -0.3 is 5.32 Å². The van der Waals surface area contributed by atoms with Crippen LogP contribution in [0.4, 0.5) is 5.69 Å². The molecule has 0 aliphatic rings. The second kappa shape index (κ2) is 5.35. The van der Waals surface area contributed by atoms with E-state index in [4.69, 9.17) is 0 Å². The number of carbonyl (C=O) groups excluding carboxylic acids is 1. The van der Waals surface area contributed by atoms with E-state index < -0.39 is 0 Å².